The number of hydrogen-bond donors (Lipinski definition) is 3. The van der Waals surface area contributed by atoms with E-state index >= 15 is 0 Å². The van der Waals surface area contributed by atoms with Gasteiger partial charge in [0.25, 0.3) is 0 Å². The molecule has 0 saturated heterocycles. The van der Waals surface area contributed by atoms with E-state index in [4.69, 9.17) is 10.2 Å². The van der Waals surface area contributed by atoms with Gasteiger partial charge in [0.15, 0.2) is 0 Å². The second-order valence-electron chi connectivity index (χ2n) is 4.80. The number of nitrogens with one attached hydrogen (secondary N) is 1. The van der Waals surface area contributed by atoms with Crippen LogP contribution >= 0.6 is 0 Å². The van der Waals surface area contributed by atoms with Crippen molar-refractivity contribution in [1.82, 2.24) is 5.32 Å². The van der Waals surface area contributed by atoms with Crippen molar-refractivity contribution in [2.75, 3.05) is 13.2 Å². The fourth-order valence-corrected chi connectivity index (χ4v) is 1.51. The molecule has 0 aromatic heterocycles. The first-order valence-electron chi connectivity index (χ1n) is 5.89. The Morgan fingerprint density at radius 2 is 1.65 bits per heavy atom. The number of carbonyl (C=O) groups excluding carboxylic acids is 1. The van der Waals surface area contributed by atoms with Gasteiger partial charge in [-0.25, -0.2) is 0 Å². The molecule has 1 amide bonds. The highest BCUT2D eigenvalue weighted by Gasteiger charge is 2.30. The van der Waals surface area contributed by atoms with Crippen LogP contribution in [0.5, 0.6) is 0 Å². The van der Waals surface area contributed by atoms with E-state index in [1.807, 2.05) is 0 Å². The lowest BCUT2D eigenvalue weighted by molar-refractivity contribution is -0.137. The normalized spacial score (nSPS) is 12.3. The number of hydrogen-bond acceptors (Lipinski definition) is 3. The molecule has 1 aromatic rings. The van der Waals surface area contributed by atoms with E-state index in [-0.39, 0.29) is 6.42 Å². The lowest BCUT2D eigenvalue weighted by atomic mass is 10.0. The van der Waals surface area contributed by atoms with Gasteiger partial charge in [-0.15, -0.1) is 0 Å². The molecule has 0 aliphatic heterocycles. The van der Waals surface area contributed by atoms with Crippen LogP contribution in [0, 0.1) is 0 Å². The van der Waals surface area contributed by atoms with Gasteiger partial charge in [-0.3, -0.25) is 4.79 Å². The maximum absolute atomic E-state index is 12.4. The van der Waals surface area contributed by atoms with E-state index in [9.17, 15) is 18.0 Å². The van der Waals surface area contributed by atoms with Crippen molar-refractivity contribution in [3.05, 3.63) is 35.4 Å². The van der Waals surface area contributed by atoms with Gasteiger partial charge in [0, 0.05) is 0 Å². The summed E-state index contributed by atoms with van der Waals surface area (Å²) in [5.74, 6) is -0.490. The first-order valence-corrected chi connectivity index (χ1v) is 5.89. The van der Waals surface area contributed by atoms with Crippen LogP contribution in [-0.4, -0.2) is 34.9 Å². The zero-order chi connectivity index (χ0) is 15.4. The van der Waals surface area contributed by atoms with Gasteiger partial charge in [0.1, 0.15) is 0 Å². The van der Waals surface area contributed by atoms with Crippen molar-refractivity contribution in [3.63, 3.8) is 0 Å². The molecular weight excluding hydrogens is 275 g/mol. The minimum atomic E-state index is -4.41. The Labute approximate surface area is 114 Å². The van der Waals surface area contributed by atoms with Crippen LogP contribution in [0.2, 0.25) is 0 Å². The molecule has 4 nitrogen and oxygen atoms in total. The second-order valence-corrected chi connectivity index (χ2v) is 4.80. The topological polar surface area (TPSA) is 69.6 Å². The number of halogens is 3. The molecule has 0 fully saturated rings. The Kier molecular flexibility index (Phi) is 5.13. The molecule has 0 heterocycles. The van der Waals surface area contributed by atoms with Crippen molar-refractivity contribution in [1.29, 1.82) is 0 Å². The highest BCUT2D eigenvalue weighted by Crippen LogP contribution is 2.29. The summed E-state index contributed by atoms with van der Waals surface area (Å²) in [5, 5.41) is 20.5. The number of benzene rings is 1. The van der Waals surface area contributed by atoms with Crippen LogP contribution in [0.3, 0.4) is 0 Å². The van der Waals surface area contributed by atoms with Crippen LogP contribution in [0.15, 0.2) is 24.3 Å². The molecule has 0 atom stereocenters. The molecule has 0 bridgehead atoms. The van der Waals surface area contributed by atoms with Gasteiger partial charge >= 0.3 is 6.18 Å². The van der Waals surface area contributed by atoms with Crippen molar-refractivity contribution in [3.8, 4) is 0 Å². The standard InChI is InChI=1S/C13H16F3NO3/c1-12(7-18,8-19)17-11(20)6-9-2-4-10(5-3-9)13(14,15)16/h2-5,18-19H,6-8H2,1H3,(H,17,20). The van der Waals surface area contributed by atoms with Crippen LogP contribution in [0.1, 0.15) is 18.1 Å². The van der Waals surface area contributed by atoms with Gasteiger partial charge in [0.2, 0.25) is 5.91 Å². The molecule has 0 spiro atoms. The number of carbonyl (C=O) groups is 1. The number of amides is 1. The third kappa shape index (κ3) is 4.50. The number of alkyl halides is 3. The van der Waals surface area contributed by atoms with Crippen LogP contribution in [0.4, 0.5) is 13.2 Å². The molecule has 0 unspecified atom stereocenters. The third-order valence-corrected chi connectivity index (χ3v) is 2.79. The zero-order valence-electron chi connectivity index (χ0n) is 10.9. The van der Waals surface area contributed by atoms with Gasteiger partial charge in [-0.05, 0) is 24.6 Å². The first kappa shape index (κ1) is 16.5. The van der Waals surface area contributed by atoms with Crippen molar-refractivity contribution >= 4 is 5.91 Å². The summed E-state index contributed by atoms with van der Waals surface area (Å²) in [7, 11) is 0. The zero-order valence-corrected chi connectivity index (χ0v) is 10.9. The lowest BCUT2D eigenvalue weighted by Crippen LogP contribution is -2.52. The SMILES string of the molecule is CC(CO)(CO)NC(=O)Cc1ccc(C(F)(F)F)cc1. The average molecular weight is 291 g/mol. The fraction of sp³-hybridized carbons (Fsp3) is 0.462. The summed E-state index contributed by atoms with van der Waals surface area (Å²) in [4.78, 5) is 11.7. The molecule has 0 radical (unpaired) electrons. The quantitative estimate of drug-likeness (QED) is 0.761. The first-order chi connectivity index (χ1) is 9.20. The Hall–Kier alpha value is -1.60. The average Bonchev–Trinajstić information content (AvgIpc) is 2.38. The highest BCUT2D eigenvalue weighted by atomic mass is 19.4. The maximum Gasteiger partial charge on any atom is 0.416 e. The monoisotopic (exact) mass is 291 g/mol. The molecule has 0 aliphatic carbocycles. The molecule has 20 heavy (non-hydrogen) atoms. The minimum absolute atomic E-state index is 0.131. The summed E-state index contributed by atoms with van der Waals surface area (Å²) < 4.78 is 37.1. The number of aliphatic hydroxyl groups is 2. The summed E-state index contributed by atoms with van der Waals surface area (Å²) in [5.41, 5.74) is -1.52. The van der Waals surface area contributed by atoms with Crippen LogP contribution in [0.25, 0.3) is 0 Å². The molecule has 3 N–H and O–H groups in total. The summed E-state index contributed by atoms with van der Waals surface area (Å²) >= 11 is 0. The van der Waals surface area contributed by atoms with E-state index < -0.39 is 36.4 Å². The van der Waals surface area contributed by atoms with Gasteiger partial charge < -0.3 is 15.5 Å². The van der Waals surface area contributed by atoms with Crippen molar-refractivity contribution < 1.29 is 28.2 Å². The molecule has 0 saturated carbocycles. The minimum Gasteiger partial charge on any atom is -0.394 e. The van der Waals surface area contributed by atoms with Gasteiger partial charge in [-0.1, -0.05) is 12.1 Å². The summed E-state index contributed by atoms with van der Waals surface area (Å²) in [6.07, 6.45) is -4.54. The number of aliphatic hydroxyl groups excluding tert-OH is 2. The smallest absolute Gasteiger partial charge is 0.394 e. The van der Waals surface area contributed by atoms with E-state index in [1.54, 1.807) is 0 Å². The van der Waals surface area contributed by atoms with E-state index in [0.29, 0.717) is 5.56 Å². The van der Waals surface area contributed by atoms with Crippen molar-refractivity contribution in [2.45, 2.75) is 25.1 Å². The Morgan fingerprint density at radius 3 is 2.05 bits per heavy atom. The predicted octanol–water partition coefficient (Wildman–Crippen LogP) is 1.11. The molecule has 7 heteroatoms. The molecule has 1 rings (SSSR count). The molecular formula is C13H16F3NO3. The van der Waals surface area contributed by atoms with E-state index in [1.165, 1.54) is 19.1 Å². The Balaban J connectivity index is 2.68. The summed E-state index contributed by atoms with van der Waals surface area (Å²) in [6, 6.07) is 4.25. The summed E-state index contributed by atoms with van der Waals surface area (Å²) in [6.45, 7) is 0.572. The lowest BCUT2D eigenvalue weighted by Gasteiger charge is -2.26. The van der Waals surface area contributed by atoms with Crippen molar-refractivity contribution in [2.24, 2.45) is 0 Å². The number of rotatable bonds is 5. The molecule has 1 aromatic carbocycles. The maximum atomic E-state index is 12.4. The molecule has 0 aliphatic rings. The molecule has 112 valence electrons. The fourth-order valence-electron chi connectivity index (χ4n) is 1.51. The van der Waals surface area contributed by atoms with Crippen LogP contribution in [-0.2, 0) is 17.4 Å². The Bertz CT molecular complexity index is 453. The van der Waals surface area contributed by atoms with Gasteiger partial charge in [-0.2, -0.15) is 13.2 Å². The largest absolute Gasteiger partial charge is 0.416 e. The van der Waals surface area contributed by atoms with E-state index in [2.05, 4.69) is 5.32 Å². The third-order valence-electron chi connectivity index (χ3n) is 2.79. The predicted molar refractivity (Wildman–Crippen MR) is 65.9 cm³/mol. The Morgan fingerprint density at radius 1 is 1.15 bits per heavy atom. The van der Waals surface area contributed by atoms with Crippen LogP contribution < -0.4 is 5.32 Å². The van der Waals surface area contributed by atoms with Gasteiger partial charge in [0.05, 0.1) is 30.7 Å². The second kappa shape index (κ2) is 6.23. The van der Waals surface area contributed by atoms with E-state index in [0.717, 1.165) is 12.1 Å². The highest BCUT2D eigenvalue weighted by molar-refractivity contribution is 5.79.